The number of hydrogen-bond donors (Lipinski definition) is 4. The number of aromatic nitrogens is 4. The number of nitrogens with two attached hydrogens (primary N) is 1. The molecule has 13 heteroatoms. The summed E-state index contributed by atoms with van der Waals surface area (Å²) >= 11 is 0. The van der Waals surface area contributed by atoms with Gasteiger partial charge in [-0.2, -0.15) is 0 Å². The Morgan fingerprint density at radius 3 is 3.00 bits per heavy atom. The highest BCUT2D eigenvalue weighted by atomic mass is 31.2. The Bertz CT molecular complexity index is 839. The van der Waals surface area contributed by atoms with Gasteiger partial charge in [-0.25, -0.2) is 19.5 Å². The van der Waals surface area contributed by atoms with Gasteiger partial charge in [-0.15, -0.1) is 0 Å². The first-order valence-electron chi connectivity index (χ1n) is 6.91. The molecule has 4 heterocycles. The van der Waals surface area contributed by atoms with Crippen molar-refractivity contribution >= 4 is 24.8 Å². The molecule has 4 unspecified atom stereocenters. The van der Waals surface area contributed by atoms with Gasteiger partial charge in [0, 0.05) is 0 Å². The molecule has 4 atom stereocenters. The van der Waals surface area contributed by atoms with Crippen molar-refractivity contribution in [2.75, 3.05) is 18.9 Å². The van der Waals surface area contributed by atoms with E-state index in [1.807, 2.05) is 0 Å². The lowest BCUT2D eigenvalue weighted by atomic mass is 10.0. The Morgan fingerprint density at radius 2 is 2.25 bits per heavy atom. The van der Waals surface area contributed by atoms with Crippen LogP contribution in [-0.2, 0) is 18.6 Å². The Hall–Kier alpha value is -1.66. The van der Waals surface area contributed by atoms with Gasteiger partial charge in [0.1, 0.15) is 29.7 Å². The smallest absolute Gasteiger partial charge is 0.387 e. The highest BCUT2D eigenvalue weighted by Gasteiger charge is 2.62. The summed E-state index contributed by atoms with van der Waals surface area (Å²) in [6.45, 7) is -0.575. The summed E-state index contributed by atoms with van der Waals surface area (Å²) in [5.74, 6) is 0.197. The average Bonchev–Trinajstić information content (AvgIpc) is 3.16. The van der Waals surface area contributed by atoms with Crippen LogP contribution < -0.4 is 5.73 Å². The third-order valence-electron chi connectivity index (χ3n) is 4.15. The fourth-order valence-electron chi connectivity index (χ4n) is 2.99. The maximum absolute atomic E-state index is 10.9. The van der Waals surface area contributed by atoms with Gasteiger partial charge in [0.05, 0.1) is 19.5 Å². The van der Waals surface area contributed by atoms with Crippen molar-refractivity contribution in [1.82, 2.24) is 19.5 Å². The molecule has 2 fully saturated rings. The molecule has 2 aromatic heterocycles. The molecule has 4 rings (SSSR count). The minimum absolute atomic E-state index is 0.0565. The van der Waals surface area contributed by atoms with Crippen LogP contribution in [0.3, 0.4) is 0 Å². The van der Waals surface area contributed by atoms with E-state index in [2.05, 4.69) is 19.5 Å². The summed E-state index contributed by atoms with van der Waals surface area (Å²) in [6, 6.07) is 0. The van der Waals surface area contributed by atoms with E-state index >= 15 is 0 Å². The first kappa shape index (κ1) is 15.8. The van der Waals surface area contributed by atoms with Crippen molar-refractivity contribution in [3.05, 3.63) is 12.7 Å². The first-order chi connectivity index (χ1) is 11.3. The van der Waals surface area contributed by atoms with E-state index in [9.17, 15) is 9.67 Å². The van der Waals surface area contributed by atoms with Gasteiger partial charge in [0.2, 0.25) is 0 Å². The van der Waals surface area contributed by atoms with Gasteiger partial charge in [-0.05, 0) is 0 Å². The van der Waals surface area contributed by atoms with E-state index in [1.54, 1.807) is 0 Å². The molecular weight excluding hydrogens is 345 g/mol. The molecular formula is C11H14N5O7P. The maximum atomic E-state index is 10.9. The summed E-state index contributed by atoms with van der Waals surface area (Å²) in [4.78, 5) is 29.8. The van der Waals surface area contributed by atoms with Crippen molar-refractivity contribution < 1.29 is 33.5 Å². The van der Waals surface area contributed by atoms with Gasteiger partial charge in [-0.1, -0.05) is 0 Å². The topological polar surface area (TPSA) is 175 Å². The van der Waals surface area contributed by atoms with Gasteiger partial charge in [-0.3, -0.25) is 9.09 Å². The minimum atomic E-state index is -4.71. The van der Waals surface area contributed by atoms with E-state index in [0.717, 1.165) is 0 Å². The second-order valence-corrected chi connectivity index (χ2v) is 6.88. The number of ether oxygens (including phenoxy) is 2. The number of phosphoric acid groups is 1. The SMILES string of the molecule is Nc1ncnc2c1ncn2C1OC2(COP(=O)(O)O)COC1C2O. The molecule has 2 aromatic rings. The number of aliphatic hydroxyl groups excluding tert-OH is 1. The average molecular weight is 359 g/mol. The molecule has 130 valence electrons. The summed E-state index contributed by atoms with van der Waals surface area (Å²) in [6.07, 6.45) is -0.000108. The molecule has 2 bridgehead atoms. The molecule has 2 aliphatic rings. The number of hydrogen-bond acceptors (Lipinski definition) is 9. The number of anilines is 1. The van der Waals surface area contributed by atoms with Crippen LogP contribution in [0.25, 0.3) is 11.2 Å². The van der Waals surface area contributed by atoms with Crippen LogP contribution in [0.1, 0.15) is 6.23 Å². The lowest BCUT2D eigenvalue weighted by molar-refractivity contribution is -0.183. The molecule has 0 saturated carbocycles. The zero-order valence-corrected chi connectivity index (χ0v) is 13.0. The van der Waals surface area contributed by atoms with E-state index in [1.165, 1.54) is 17.2 Å². The van der Waals surface area contributed by atoms with Gasteiger partial charge >= 0.3 is 7.82 Å². The number of imidazole rings is 1. The highest BCUT2D eigenvalue weighted by molar-refractivity contribution is 7.46. The van der Waals surface area contributed by atoms with E-state index in [0.29, 0.717) is 11.2 Å². The van der Waals surface area contributed by atoms with E-state index < -0.39 is 38.5 Å². The molecule has 24 heavy (non-hydrogen) atoms. The Kier molecular flexibility index (Phi) is 3.41. The molecule has 2 aliphatic heterocycles. The van der Waals surface area contributed by atoms with Crippen LogP contribution in [-0.4, -0.2) is 65.4 Å². The second-order valence-electron chi connectivity index (χ2n) is 5.64. The van der Waals surface area contributed by atoms with Crippen LogP contribution in [0.5, 0.6) is 0 Å². The minimum Gasteiger partial charge on any atom is -0.387 e. The molecule has 0 aromatic carbocycles. The third-order valence-corrected chi connectivity index (χ3v) is 4.61. The number of fused-ring (bicyclic) bond motifs is 3. The summed E-state index contributed by atoms with van der Waals surface area (Å²) < 4.78 is 28.3. The Labute approximate surface area is 134 Å². The van der Waals surface area contributed by atoms with Crippen molar-refractivity contribution in [3.8, 4) is 0 Å². The quantitative estimate of drug-likeness (QED) is 0.470. The van der Waals surface area contributed by atoms with Crippen LogP contribution in [0, 0.1) is 0 Å². The van der Waals surface area contributed by atoms with Crippen LogP contribution in [0.4, 0.5) is 5.82 Å². The fraction of sp³-hybridized carbons (Fsp3) is 0.545. The van der Waals surface area contributed by atoms with Gasteiger partial charge in [0.25, 0.3) is 0 Å². The number of aliphatic hydroxyl groups is 1. The van der Waals surface area contributed by atoms with Crippen molar-refractivity contribution in [2.24, 2.45) is 0 Å². The largest absolute Gasteiger partial charge is 0.469 e. The van der Waals surface area contributed by atoms with E-state index in [4.69, 9.17) is 25.0 Å². The fourth-order valence-corrected chi connectivity index (χ4v) is 3.38. The standard InChI is InChI=1S/C11H14N5O7P/c12-8-5-9(14-3-13-8)16(4-15-5)10-6-7(17)11(23-10,1-21-6)2-22-24(18,19)20/h3-4,6-7,10,17H,1-2H2,(H2,12,13,14)(H2,18,19,20). The van der Waals surface area contributed by atoms with Crippen molar-refractivity contribution in [3.63, 3.8) is 0 Å². The first-order valence-corrected chi connectivity index (χ1v) is 8.44. The molecule has 2 saturated heterocycles. The lowest BCUT2D eigenvalue weighted by Crippen LogP contribution is -2.44. The number of phosphoric ester groups is 1. The second kappa shape index (κ2) is 5.17. The highest BCUT2D eigenvalue weighted by Crippen LogP contribution is 2.48. The Morgan fingerprint density at radius 1 is 1.46 bits per heavy atom. The Balaban J connectivity index is 1.66. The number of nitrogens with zero attached hydrogens (tertiary/aromatic N) is 4. The number of nitrogen functional groups attached to an aromatic ring is 1. The van der Waals surface area contributed by atoms with Crippen LogP contribution in [0.15, 0.2) is 12.7 Å². The summed E-state index contributed by atoms with van der Waals surface area (Å²) in [5, 5.41) is 10.4. The lowest BCUT2D eigenvalue weighted by Gasteiger charge is -2.30. The molecule has 0 radical (unpaired) electrons. The van der Waals surface area contributed by atoms with Gasteiger partial charge < -0.3 is 30.1 Å². The summed E-state index contributed by atoms with van der Waals surface area (Å²) in [7, 11) is -4.71. The zero-order valence-electron chi connectivity index (χ0n) is 12.1. The molecule has 12 nitrogen and oxygen atoms in total. The van der Waals surface area contributed by atoms with Gasteiger partial charge in [0.15, 0.2) is 17.7 Å². The van der Waals surface area contributed by atoms with Crippen molar-refractivity contribution in [2.45, 2.75) is 24.0 Å². The zero-order chi connectivity index (χ0) is 17.1. The maximum Gasteiger partial charge on any atom is 0.469 e. The molecule has 0 amide bonds. The predicted octanol–water partition coefficient (Wildman–Crippen LogP) is -1.45. The molecule has 0 aliphatic carbocycles. The predicted molar refractivity (Wildman–Crippen MR) is 76.3 cm³/mol. The van der Waals surface area contributed by atoms with Crippen molar-refractivity contribution in [1.29, 1.82) is 0 Å². The summed E-state index contributed by atoms with van der Waals surface area (Å²) in [5.41, 5.74) is 5.12. The van der Waals surface area contributed by atoms with Crippen LogP contribution in [0.2, 0.25) is 0 Å². The molecule has 0 spiro atoms. The molecule has 5 N–H and O–H groups in total. The van der Waals surface area contributed by atoms with Crippen LogP contribution >= 0.6 is 7.82 Å². The normalized spacial score (nSPS) is 32.7. The monoisotopic (exact) mass is 359 g/mol. The van der Waals surface area contributed by atoms with E-state index in [-0.39, 0.29) is 12.4 Å². The number of rotatable bonds is 4. The third kappa shape index (κ3) is 2.31.